The summed E-state index contributed by atoms with van der Waals surface area (Å²) in [5.74, 6) is -0.811. The number of benzene rings is 2. The molecule has 5 nitrogen and oxygen atoms in total. The first kappa shape index (κ1) is 18.3. The number of hydrazone groups is 1. The molecule has 0 saturated carbocycles. The fourth-order valence-corrected chi connectivity index (χ4v) is 4.12. The van der Waals surface area contributed by atoms with Crippen molar-refractivity contribution in [1.82, 2.24) is 5.43 Å². The van der Waals surface area contributed by atoms with E-state index in [1.54, 1.807) is 6.07 Å². The molecule has 2 rings (SSSR count). The van der Waals surface area contributed by atoms with Gasteiger partial charge in [0.25, 0.3) is 5.91 Å². The fourth-order valence-electron chi connectivity index (χ4n) is 1.62. The summed E-state index contributed by atoms with van der Waals surface area (Å²) in [4.78, 5) is 12.0. The summed E-state index contributed by atoms with van der Waals surface area (Å²) in [5.41, 5.74) is 2.82. The van der Waals surface area contributed by atoms with Crippen LogP contribution in [0.1, 0.15) is 15.9 Å². The van der Waals surface area contributed by atoms with Gasteiger partial charge in [-0.3, -0.25) is 4.79 Å². The van der Waals surface area contributed by atoms with Crippen LogP contribution in [0.4, 0.5) is 0 Å². The van der Waals surface area contributed by atoms with E-state index in [1.165, 1.54) is 24.4 Å². The van der Waals surface area contributed by atoms with E-state index < -0.39 is 5.91 Å². The number of aromatic hydroxyl groups is 2. The fraction of sp³-hybridized carbons (Fsp3) is 0. The minimum absolute atomic E-state index is 0.00596. The summed E-state index contributed by atoms with van der Waals surface area (Å²) in [7, 11) is 0. The predicted octanol–water partition coefficient (Wildman–Crippen LogP) is 4.80. The Morgan fingerprint density at radius 2 is 1.87 bits per heavy atom. The molecule has 2 aromatic rings. The molecule has 1 amide bonds. The van der Waals surface area contributed by atoms with Crippen LogP contribution in [-0.2, 0) is 0 Å². The van der Waals surface area contributed by atoms with Crippen LogP contribution in [-0.4, -0.2) is 22.3 Å². The standard InChI is InChI=1S/C14H8Br3ClN2O3/c15-9-4-10(16)13(22)12(17)8(9)5-19-20-14(23)7-3-6(18)1-2-11(7)21/h1-5,21-22H,(H,20,23)/b19-5-. The second kappa shape index (κ2) is 7.65. The van der Waals surface area contributed by atoms with E-state index in [2.05, 4.69) is 58.3 Å². The van der Waals surface area contributed by atoms with Gasteiger partial charge in [0.2, 0.25) is 0 Å². The zero-order chi connectivity index (χ0) is 17.1. The van der Waals surface area contributed by atoms with Crippen LogP contribution in [0.15, 0.2) is 42.8 Å². The quantitative estimate of drug-likeness (QED) is 0.396. The van der Waals surface area contributed by atoms with Crippen molar-refractivity contribution in [2.75, 3.05) is 0 Å². The van der Waals surface area contributed by atoms with Crippen LogP contribution >= 0.6 is 59.4 Å². The molecule has 0 heterocycles. The van der Waals surface area contributed by atoms with Gasteiger partial charge in [0.15, 0.2) is 0 Å². The average molecular weight is 527 g/mol. The maximum atomic E-state index is 12.0. The molecule has 3 N–H and O–H groups in total. The lowest BCUT2D eigenvalue weighted by molar-refractivity contribution is 0.0952. The van der Waals surface area contributed by atoms with Gasteiger partial charge in [-0.15, -0.1) is 0 Å². The van der Waals surface area contributed by atoms with Crippen LogP contribution in [0.5, 0.6) is 11.5 Å². The second-order valence-electron chi connectivity index (χ2n) is 4.28. The normalized spacial score (nSPS) is 11.0. The number of nitrogens with zero attached hydrogens (tertiary/aromatic N) is 1. The molecule has 0 saturated heterocycles. The number of rotatable bonds is 3. The molecular formula is C14H8Br3ClN2O3. The molecule has 0 aliphatic heterocycles. The maximum Gasteiger partial charge on any atom is 0.275 e. The topological polar surface area (TPSA) is 81.9 Å². The summed E-state index contributed by atoms with van der Waals surface area (Å²) in [6, 6.07) is 5.77. The Morgan fingerprint density at radius 3 is 2.57 bits per heavy atom. The number of hydrogen-bond donors (Lipinski definition) is 3. The number of phenolic OH excluding ortho intramolecular Hbond substituents is 2. The van der Waals surface area contributed by atoms with Crippen LogP contribution in [0.3, 0.4) is 0 Å². The highest BCUT2D eigenvalue weighted by Crippen LogP contribution is 2.38. The first-order valence-electron chi connectivity index (χ1n) is 5.99. The molecule has 0 unspecified atom stereocenters. The third-order valence-corrected chi connectivity index (χ3v) is 5.04. The lowest BCUT2D eigenvalue weighted by atomic mass is 10.2. The highest BCUT2D eigenvalue weighted by Gasteiger charge is 2.13. The third-order valence-electron chi connectivity index (χ3n) is 2.74. The zero-order valence-corrected chi connectivity index (χ0v) is 16.7. The Kier molecular flexibility index (Phi) is 6.07. The third kappa shape index (κ3) is 4.26. The molecule has 0 spiro atoms. The van der Waals surface area contributed by atoms with E-state index in [1.807, 2.05) is 0 Å². The molecule has 120 valence electrons. The van der Waals surface area contributed by atoms with Gasteiger partial charge in [-0.1, -0.05) is 27.5 Å². The molecule has 0 radical (unpaired) electrons. The summed E-state index contributed by atoms with van der Waals surface area (Å²) in [5, 5.41) is 23.6. The molecule has 0 fully saturated rings. The van der Waals surface area contributed by atoms with Crippen molar-refractivity contribution in [3.8, 4) is 11.5 Å². The van der Waals surface area contributed by atoms with Crippen molar-refractivity contribution in [2.24, 2.45) is 5.10 Å². The van der Waals surface area contributed by atoms with Crippen molar-refractivity contribution in [1.29, 1.82) is 0 Å². The Labute approximate surface area is 161 Å². The molecule has 9 heteroatoms. The molecule has 2 aromatic carbocycles. The van der Waals surface area contributed by atoms with Crippen molar-refractivity contribution in [3.63, 3.8) is 0 Å². The second-order valence-corrected chi connectivity index (χ2v) is 7.22. The van der Waals surface area contributed by atoms with E-state index in [0.717, 1.165) is 0 Å². The molecule has 0 bridgehead atoms. The van der Waals surface area contributed by atoms with Gasteiger partial charge < -0.3 is 10.2 Å². The Balaban J connectivity index is 2.21. The average Bonchev–Trinajstić information content (AvgIpc) is 2.50. The van der Waals surface area contributed by atoms with E-state index in [-0.39, 0.29) is 17.1 Å². The Hall–Kier alpha value is -1.09. The summed E-state index contributed by atoms with van der Waals surface area (Å²) < 4.78 is 1.56. The number of carbonyl (C=O) groups is 1. The largest absolute Gasteiger partial charge is 0.507 e. The van der Waals surface area contributed by atoms with Gasteiger partial charge in [0.1, 0.15) is 11.5 Å². The molecule has 0 aromatic heterocycles. The minimum atomic E-state index is -0.616. The maximum absolute atomic E-state index is 12.0. The number of phenols is 2. The number of hydrogen-bond acceptors (Lipinski definition) is 4. The van der Waals surface area contributed by atoms with Gasteiger partial charge in [0.05, 0.1) is 20.7 Å². The number of amides is 1. The Morgan fingerprint density at radius 1 is 1.17 bits per heavy atom. The van der Waals surface area contributed by atoms with Gasteiger partial charge in [-0.2, -0.15) is 5.10 Å². The Bertz CT molecular complexity index is 812. The first-order valence-corrected chi connectivity index (χ1v) is 8.75. The zero-order valence-electron chi connectivity index (χ0n) is 11.1. The highest BCUT2D eigenvalue weighted by molar-refractivity contribution is 9.11. The molecule has 0 atom stereocenters. The number of nitrogens with one attached hydrogen (secondary N) is 1. The van der Waals surface area contributed by atoms with E-state index in [4.69, 9.17) is 11.6 Å². The van der Waals surface area contributed by atoms with Crippen molar-refractivity contribution in [2.45, 2.75) is 0 Å². The van der Waals surface area contributed by atoms with Crippen LogP contribution in [0, 0.1) is 0 Å². The SMILES string of the molecule is O=C(N/N=C\c1c(Br)cc(Br)c(O)c1Br)c1cc(Cl)ccc1O. The predicted molar refractivity (Wildman–Crippen MR) is 99.4 cm³/mol. The monoisotopic (exact) mass is 524 g/mol. The summed E-state index contributed by atoms with van der Waals surface area (Å²) in [6.07, 6.45) is 1.35. The first-order chi connectivity index (χ1) is 10.8. The lowest BCUT2D eigenvalue weighted by Crippen LogP contribution is -2.17. The summed E-state index contributed by atoms with van der Waals surface area (Å²) in [6.45, 7) is 0. The molecular weight excluding hydrogens is 519 g/mol. The number of carbonyl (C=O) groups excluding carboxylic acids is 1. The minimum Gasteiger partial charge on any atom is -0.507 e. The van der Waals surface area contributed by atoms with Gasteiger partial charge in [-0.05, 0) is 56.1 Å². The smallest absolute Gasteiger partial charge is 0.275 e. The van der Waals surface area contributed by atoms with Crippen LogP contribution in [0.2, 0.25) is 5.02 Å². The molecule has 0 aliphatic rings. The van der Waals surface area contributed by atoms with Crippen LogP contribution in [0.25, 0.3) is 0 Å². The van der Waals surface area contributed by atoms with Gasteiger partial charge in [-0.25, -0.2) is 5.43 Å². The van der Waals surface area contributed by atoms with Crippen molar-refractivity contribution >= 4 is 71.5 Å². The van der Waals surface area contributed by atoms with Gasteiger partial charge in [0, 0.05) is 15.1 Å². The van der Waals surface area contributed by atoms with Gasteiger partial charge >= 0.3 is 0 Å². The summed E-state index contributed by atoms with van der Waals surface area (Å²) >= 11 is 15.6. The van der Waals surface area contributed by atoms with E-state index in [9.17, 15) is 15.0 Å². The van der Waals surface area contributed by atoms with E-state index in [0.29, 0.717) is 24.0 Å². The molecule has 23 heavy (non-hydrogen) atoms. The van der Waals surface area contributed by atoms with Crippen molar-refractivity contribution in [3.05, 3.63) is 53.8 Å². The highest BCUT2D eigenvalue weighted by atomic mass is 79.9. The van der Waals surface area contributed by atoms with Crippen LogP contribution < -0.4 is 5.43 Å². The lowest BCUT2D eigenvalue weighted by Gasteiger charge is -2.07. The van der Waals surface area contributed by atoms with Crippen molar-refractivity contribution < 1.29 is 15.0 Å². The molecule has 0 aliphatic carbocycles. The van der Waals surface area contributed by atoms with E-state index >= 15 is 0 Å². The number of halogens is 4.